The lowest BCUT2D eigenvalue weighted by Crippen LogP contribution is -2.40. The monoisotopic (exact) mass is 271 g/mol. The molecule has 0 spiro atoms. The third-order valence-corrected chi connectivity index (χ3v) is 2.91. The lowest BCUT2D eigenvalue weighted by molar-refractivity contribution is 0.0296. The number of benzene rings is 1. The first-order chi connectivity index (χ1) is 9.46. The molecule has 1 aromatic rings. The predicted octanol–water partition coefficient (Wildman–Crippen LogP) is 4.22. The molecule has 0 aromatic heterocycles. The highest BCUT2D eigenvalue weighted by Gasteiger charge is 2.27. The Morgan fingerprint density at radius 1 is 1.30 bits per heavy atom. The van der Waals surface area contributed by atoms with Crippen LogP contribution in [0.4, 0.5) is 4.79 Å². The van der Waals surface area contributed by atoms with Crippen LogP contribution in [0.15, 0.2) is 48.2 Å². The van der Waals surface area contributed by atoms with Gasteiger partial charge < -0.3 is 4.74 Å². The average Bonchev–Trinajstić information content (AvgIpc) is 2.32. The van der Waals surface area contributed by atoms with Gasteiger partial charge in [-0.15, -0.1) is 0 Å². The zero-order chi connectivity index (χ0) is 14.6. The molecule has 20 heavy (non-hydrogen) atoms. The average molecular weight is 271 g/mol. The molecule has 0 fully saturated rings. The molecular weight excluding hydrogens is 250 g/mol. The van der Waals surface area contributed by atoms with E-state index in [0.29, 0.717) is 6.54 Å². The van der Waals surface area contributed by atoms with Gasteiger partial charge in [0.15, 0.2) is 0 Å². The van der Waals surface area contributed by atoms with Gasteiger partial charge >= 0.3 is 6.09 Å². The van der Waals surface area contributed by atoms with E-state index in [0.717, 1.165) is 17.7 Å². The van der Waals surface area contributed by atoms with Crippen LogP contribution in [0, 0.1) is 0 Å². The van der Waals surface area contributed by atoms with Crippen molar-refractivity contribution in [3.63, 3.8) is 0 Å². The summed E-state index contributed by atoms with van der Waals surface area (Å²) in [4.78, 5) is 13.6. The maximum absolute atomic E-state index is 11.9. The van der Waals surface area contributed by atoms with Gasteiger partial charge in [0.2, 0.25) is 0 Å². The van der Waals surface area contributed by atoms with Gasteiger partial charge in [-0.05, 0) is 32.4 Å². The zero-order valence-electron chi connectivity index (χ0n) is 12.3. The van der Waals surface area contributed by atoms with Crippen molar-refractivity contribution in [1.82, 2.24) is 4.90 Å². The molecule has 0 N–H and O–H groups in total. The number of hydrogen-bond acceptors (Lipinski definition) is 2. The lowest BCUT2D eigenvalue weighted by Gasteiger charge is -2.33. The molecule has 1 amide bonds. The Hall–Kier alpha value is -2.03. The Morgan fingerprint density at radius 2 is 2.00 bits per heavy atom. The van der Waals surface area contributed by atoms with Gasteiger partial charge in [-0.3, -0.25) is 4.90 Å². The molecule has 0 aliphatic carbocycles. The number of nitrogens with zero attached hydrogens (tertiary/aromatic N) is 1. The van der Waals surface area contributed by atoms with Crippen molar-refractivity contribution in [3.05, 3.63) is 53.7 Å². The number of ether oxygens (including phenoxy) is 1. The van der Waals surface area contributed by atoms with E-state index in [1.807, 2.05) is 39.0 Å². The van der Waals surface area contributed by atoms with E-state index >= 15 is 0 Å². The molecular formula is C17H21NO2. The molecule has 3 heteroatoms. The third-order valence-electron chi connectivity index (χ3n) is 2.91. The summed E-state index contributed by atoms with van der Waals surface area (Å²) in [5.74, 6) is 0. The third kappa shape index (κ3) is 3.98. The van der Waals surface area contributed by atoms with Crippen LogP contribution in [0.5, 0.6) is 0 Å². The van der Waals surface area contributed by atoms with Crippen molar-refractivity contribution in [2.45, 2.75) is 32.8 Å². The van der Waals surface area contributed by atoms with E-state index in [9.17, 15) is 4.79 Å². The van der Waals surface area contributed by atoms with E-state index < -0.39 is 5.60 Å². The summed E-state index contributed by atoms with van der Waals surface area (Å²) < 4.78 is 5.36. The second-order valence-electron chi connectivity index (χ2n) is 5.80. The number of carbonyl (C=O) groups is 1. The summed E-state index contributed by atoms with van der Waals surface area (Å²) in [6.07, 6.45) is 6.67. The first-order valence-corrected chi connectivity index (χ1v) is 6.87. The van der Waals surface area contributed by atoms with Gasteiger partial charge in [0.25, 0.3) is 0 Å². The molecule has 0 atom stereocenters. The van der Waals surface area contributed by atoms with Crippen molar-refractivity contribution < 1.29 is 9.53 Å². The summed E-state index contributed by atoms with van der Waals surface area (Å²) in [7, 11) is 0. The standard InChI is InChI=1S/C17H21NO2/c1-17(2,3)20-16(19)18-13-12-15(18)11-7-10-14-8-5-4-6-9-14/h4-10,12H,11,13H2,1-3H3/b10-7+. The molecule has 0 saturated carbocycles. The molecule has 1 aromatic carbocycles. The van der Waals surface area contributed by atoms with Crippen LogP contribution in [0.25, 0.3) is 6.08 Å². The van der Waals surface area contributed by atoms with E-state index in [2.05, 4.69) is 30.4 Å². The minimum Gasteiger partial charge on any atom is -0.443 e. The molecule has 0 radical (unpaired) electrons. The van der Waals surface area contributed by atoms with Crippen molar-refractivity contribution >= 4 is 12.2 Å². The molecule has 1 aliphatic heterocycles. The summed E-state index contributed by atoms with van der Waals surface area (Å²) >= 11 is 0. The topological polar surface area (TPSA) is 29.5 Å². The fourth-order valence-electron chi connectivity index (χ4n) is 1.89. The van der Waals surface area contributed by atoms with Crippen molar-refractivity contribution in [3.8, 4) is 0 Å². The first kappa shape index (κ1) is 14.4. The predicted molar refractivity (Wildman–Crippen MR) is 81.1 cm³/mol. The molecule has 0 bridgehead atoms. The normalized spacial score (nSPS) is 14.9. The molecule has 1 heterocycles. The van der Waals surface area contributed by atoms with Crippen molar-refractivity contribution in [1.29, 1.82) is 0 Å². The molecule has 1 aliphatic rings. The summed E-state index contributed by atoms with van der Waals surface area (Å²) in [5, 5.41) is 0. The Morgan fingerprint density at radius 3 is 2.55 bits per heavy atom. The largest absolute Gasteiger partial charge is 0.443 e. The van der Waals surface area contributed by atoms with Crippen LogP contribution in [0.2, 0.25) is 0 Å². The summed E-state index contributed by atoms with van der Waals surface area (Å²) in [6, 6.07) is 10.1. The number of carbonyl (C=O) groups excluding carboxylic acids is 1. The first-order valence-electron chi connectivity index (χ1n) is 6.87. The van der Waals surface area contributed by atoms with Crippen molar-refractivity contribution in [2.75, 3.05) is 6.54 Å². The van der Waals surface area contributed by atoms with E-state index in [1.54, 1.807) is 4.90 Å². The van der Waals surface area contributed by atoms with Crippen LogP contribution in [0.1, 0.15) is 32.8 Å². The second-order valence-corrected chi connectivity index (χ2v) is 5.80. The van der Waals surface area contributed by atoms with Gasteiger partial charge in [0, 0.05) is 18.7 Å². The smallest absolute Gasteiger partial charge is 0.414 e. The van der Waals surface area contributed by atoms with E-state index in [1.165, 1.54) is 0 Å². The number of rotatable bonds is 3. The Balaban J connectivity index is 1.86. The second kappa shape index (κ2) is 5.95. The highest BCUT2D eigenvalue weighted by atomic mass is 16.6. The maximum Gasteiger partial charge on any atom is 0.414 e. The molecule has 0 unspecified atom stereocenters. The zero-order valence-corrected chi connectivity index (χ0v) is 12.3. The highest BCUT2D eigenvalue weighted by molar-refractivity contribution is 5.72. The summed E-state index contributed by atoms with van der Waals surface area (Å²) in [5.41, 5.74) is 1.72. The molecule has 2 rings (SSSR count). The Kier molecular flexibility index (Phi) is 4.28. The lowest BCUT2D eigenvalue weighted by atomic mass is 10.1. The fourth-order valence-corrected chi connectivity index (χ4v) is 1.89. The fraction of sp³-hybridized carbons (Fsp3) is 0.353. The van der Waals surface area contributed by atoms with Crippen LogP contribution in [-0.2, 0) is 4.74 Å². The quantitative estimate of drug-likeness (QED) is 0.823. The minimum atomic E-state index is -0.447. The van der Waals surface area contributed by atoms with Gasteiger partial charge in [0.1, 0.15) is 5.60 Å². The van der Waals surface area contributed by atoms with Gasteiger partial charge in [-0.2, -0.15) is 0 Å². The van der Waals surface area contributed by atoms with E-state index in [4.69, 9.17) is 4.74 Å². The highest BCUT2D eigenvalue weighted by Crippen LogP contribution is 2.22. The van der Waals surface area contributed by atoms with Gasteiger partial charge in [-0.1, -0.05) is 42.5 Å². The van der Waals surface area contributed by atoms with Gasteiger partial charge in [-0.25, -0.2) is 4.79 Å². The minimum absolute atomic E-state index is 0.261. The molecule has 0 saturated heterocycles. The van der Waals surface area contributed by atoms with Gasteiger partial charge in [0.05, 0.1) is 0 Å². The summed E-state index contributed by atoms with van der Waals surface area (Å²) in [6.45, 7) is 6.28. The number of amides is 1. The number of hydrogen-bond donors (Lipinski definition) is 0. The van der Waals surface area contributed by atoms with E-state index in [-0.39, 0.29) is 6.09 Å². The molecule has 3 nitrogen and oxygen atoms in total. The van der Waals surface area contributed by atoms with Crippen LogP contribution >= 0.6 is 0 Å². The van der Waals surface area contributed by atoms with Crippen LogP contribution in [0.3, 0.4) is 0 Å². The van der Waals surface area contributed by atoms with Crippen LogP contribution in [-0.4, -0.2) is 23.1 Å². The van der Waals surface area contributed by atoms with Crippen LogP contribution < -0.4 is 0 Å². The number of allylic oxidation sites excluding steroid dienone is 1. The Labute approximate surface area is 120 Å². The molecule has 106 valence electrons. The van der Waals surface area contributed by atoms with Crippen molar-refractivity contribution in [2.24, 2.45) is 0 Å². The maximum atomic E-state index is 11.9. The Bertz CT molecular complexity index is 524. The SMILES string of the molecule is CC(C)(C)OC(=O)N1CC=C1C/C=C/c1ccccc1.